The van der Waals surface area contributed by atoms with Crippen molar-refractivity contribution in [3.05, 3.63) is 29.8 Å². The van der Waals surface area contributed by atoms with E-state index in [1.165, 1.54) is 12.8 Å². The van der Waals surface area contributed by atoms with Crippen molar-refractivity contribution >= 4 is 0 Å². The molecular weight excluding hydrogens is 224 g/mol. The molecule has 0 heterocycles. The molecule has 0 saturated heterocycles. The Kier molecular flexibility index (Phi) is 3.94. The zero-order valence-electron chi connectivity index (χ0n) is 9.83. The first-order valence-electron chi connectivity index (χ1n) is 5.93. The van der Waals surface area contributed by atoms with Gasteiger partial charge in [-0.1, -0.05) is 12.1 Å². The molecule has 0 radical (unpaired) electrons. The normalized spacial score (nSPS) is 17.2. The zero-order valence-corrected chi connectivity index (χ0v) is 9.83. The molecule has 0 aliphatic heterocycles. The van der Waals surface area contributed by atoms with Gasteiger partial charge in [0.05, 0.1) is 0 Å². The maximum absolute atomic E-state index is 12.0. The standard InChI is InChI=1S/C13H17F2NO/c1-9(16-8-10-2-3-10)11-4-6-12(7-5-11)17-13(14)15/h4-7,9-10,13,16H,2-3,8H2,1H3. The second kappa shape index (κ2) is 5.45. The molecule has 0 amide bonds. The maximum atomic E-state index is 12.0. The van der Waals surface area contributed by atoms with E-state index in [-0.39, 0.29) is 11.8 Å². The summed E-state index contributed by atoms with van der Waals surface area (Å²) < 4.78 is 28.2. The number of alkyl halides is 2. The van der Waals surface area contributed by atoms with Crippen LogP contribution in [0.2, 0.25) is 0 Å². The zero-order chi connectivity index (χ0) is 12.3. The van der Waals surface area contributed by atoms with Gasteiger partial charge < -0.3 is 10.1 Å². The van der Waals surface area contributed by atoms with Crippen molar-refractivity contribution in [2.24, 2.45) is 5.92 Å². The molecule has 94 valence electrons. The lowest BCUT2D eigenvalue weighted by Gasteiger charge is -2.14. The van der Waals surface area contributed by atoms with Crippen LogP contribution >= 0.6 is 0 Å². The minimum absolute atomic E-state index is 0.207. The highest BCUT2D eigenvalue weighted by atomic mass is 19.3. The van der Waals surface area contributed by atoms with Gasteiger partial charge in [-0.05, 0) is 49.9 Å². The molecular formula is C13H17F2NO. The number of benzene rings is 1. The molecule has 1 saturated carbocycles. The van der Waals surface area contributed by atoms with Crippen LogP contribution < -0.4 is 10.1 Å². The first-order chi connectivity index (χ1) is 8.15. The van der Waals surface area contributed by atoms with Crippen LogP contribution in [0.15, 0.2) is 24.3 Å². The highest BCUT2D eigenvalue weighted by molar-refractivity contribution is 5.28. The maximum Gasteiger partial charge on any atom is 0.387 e. The third kappa shape index (κ3) is 3.97. The summed E-state index contributed by atoms with van der Waals surface area (Å²) in [4.78, 5) is 0. The quantitative estimate of drug-likeness (QED) is 0.824. The second-order valence-electron chi connectivity index (χ2n) is 4.52. The molecule has 4 heteroatoms. The molecule has 1 fully saturated rings. The SMILES string of the molecule is CC(NCC1CC1)c1ccc(OC(F)F)cc1. The summed E-state index contributed by atoms with van der Waals surface area (Å²) in [6.07, 6.45) is 2.64. The van der Waals surface area contributed by atoms with Crippen LogP contribution in [0, 0.1) is 5.92 Å². The Labute approximate surface area is 100.0 Å². The van der Waals surface area contributed by atoms with E-state index >= 15 is 0 Å². The van der Waals surface area contributed by atoms with Crippen molar-refractivity contribution < 1.29 is 13.5 Å². The van der Waals surface area contributed by atoms with Gasteiger partial charge >= 0.3 is 6.61 Å². The lowest BCUT2D eigenvalue weighted by atomic mass is 10.1. The Hall–Kier alpha value is -1.16. The van der Waals surface area contributed by atoms with Gasteiger partial charge in [0.1, 0.15) is 5.75 Å². The van der Waals surface area contributed by atoms with Gasteiger partial charge in [-0.25, -0.2) is 0 Å². The van der Waals surface area contributed by atoms with E-state index in [4.69, 9.17) is 0 Å². The average Bonchev–Trinajstić information content (AvgIpc) is 3.10. The lowest BCUT2D eigenvalue weighted by molar-refractivity contribution is -0.0498. The third-order valence-electron chi connectivity index (χ3n) is 3.01. The molecule has 0 bridgehead atoms. The molecule has 2 nitrogen and oxygen atoms in total. The Balaban J connectivity index is 1.86. The average molecular weight is 241 g/mol. The van der Waals surface area contributed by atoms with Crippen molar-refractivity contribution in [1.82, 2.24) is 5.32 Å². The molecule has 1 unspecified atom stereocenters. The Bertz CT molecular complexity index is 349. The van der Waals surface area contributed by atoms with E-state index in [1.807, 2.05) is 12.1 Å². The number of nitrogens with one attached hydrogen (secondary N) is 1. The van der Waals surface area contributed by atoms with Crippen molar-refractivity contribution in [2.45, 2.75) is 32.4 Å². The second-order valence-corrected chi connectivity index (χ2v) is 4.52. The summed E-state index contributed by atoms with van der Waals surface area (Å²) in [5.74, 6) is 1.04. The summed E-state index contributed by atoms with van der Waals surface area (Å²) in [7, 11) is 0. The van der Waals surface area contributed by atoms with Crippen molar-refractivity contribution in [3.8, 4) is 5.75 Å². The van der Waals surface area contributed by atoms with E-state index in [9.17, 15) is 8.78 Å². The molecule has 0 aromatic heterocycles. The van der Waals surface area contributed by atoms with Crippen molar-refractivity contribution in [3.63, 3.8) is 0 Å². The van der Waals surface area contributed by atoms with E-state index in [0.717, 1.165) is 18.0 Å². The van der Waals surface area contributed by atoms with Gasteiger partial charge in [0, 0.05) is 6.04 Å². The van der Waals surface area contributed by atoms with Crippen molar-refractivity contribution in [1.29, 1.82) is 0 Å². The Morgan fingerprint density at radius 2 is 1.94 bits per heavy atom. The van der Waals surface area contributed by atoms with Gasteiger partial charge in [-0.2, -0.15) is 8.78 Å². The summed E-state index contributed by atoms with van der Waals surface area (Å²) in [5.41, 5.74) is 1.09. The third-order valence-corrected chi connectivity index (χ3v) is 3.01. The van der Waals surface area contributed by atoms with E-state index < -0.39 is 6.61 Å². The number of rotatable bonds is 6. The highest BCUT2D eigenvalue weighted by Crippen LogP contribution is 2.28. The van der Waals surface area contributed by atoms with Crippen LogP contribution in [-0.2, 0) is 0 Å². The predicted octanol–water partition coefficient (Wildman–Crippen LogP) is 3.35. The highest BCUT2D eigenvalue weighted by Gasteiger charge is 2.21. The van der Waals surface area contributed by atoms with Crippen LogP contribution in [0.3, 0.4) is 0 Å². The molecule has 2 rings (SSSR count). The minimum Gasteiger partial charge on any atom is -0.435 e. The van der Waals surface area contributed by atoms with Crippen LogP contribution in [0.4, 0.5) is 8.78 Å². The van der Waals surface area contributed by atoms with Crippen molar-refractivity contribution in [2.75, 3.05) is 6.54 Å². The Morgan fingerprint density at radius 3 is 2.47 bits per heavy atom. The van der Waals surface area contributed by atoms with E-state index in [2.05, 4.69) is 17.0 Å². The van der Waals surface area contributed by atoms with Crippen LogP contribution in [-0.4, -0.2) is 13.2 Å². The molecule has 1 aromatic carbocycles. The summed E-state index contributed by atoms with van der Waals surface area (Å²) in [6, 6.07) is 7.05. The first kappa shape index (κ1) is 12.3. The summed E-state index contributed by atoms with van der Waals surface area (Å²) >= 11 is 0. The molecule has 1 atom stereocenters. The first-order valence-corrected chi connectivity index (χ1v) is 5.93. The smallest absolute Gasteiger partial charge is 0.387 e. The molecule has 1 aromatic rings. The van der Waals surface area contributed by atoms with Gasteiger partial charge in [-0.15, -0.1) is 0 Å². The molecule has 1 aliphatic rings. The molecule has 1 N–H and O–H groups in total. The number of hydrogen-bond acceptors (Lipinski definition) is 2. The number of hydrogen-bond donors (Lipinski definition) is 1. The van der Waals surface area contributed by atoms with Gasteiger partial charge in [0.15, 0.2) is 0 Å². The van der Waals surface area contributed by atoms with Gasteiger partial charge in [-0.3, -0.25) is 0 Å². The lowest BCUT2D eigenvalue weighted by Crippen LogP contribution is -2.20. The van der Waals surface area contributed by atoms with Gasteiger partial charge in [0.25, 0.3) is 0 Å². The van der Waals surface area contributed by atoms with Crippen LogP contribution in [0.5, 0.6) is 5.75 Å². The summed E-state index contributed by atoms with van der Waals surface area (Å²) in [6.45, 7) is 0.355. The molecule has 0 spiro atoms. The van der Waals surface area contributed by atoms with Gasteiger partial charge in [0.2, 0.25) is 0 Å². The largest absolute Gasteiger partial charge is 0.435 e. The van der Waals surface area contributed by atoms with Crippen LogP contribution in [0.1, 0.15) is 31.4 Å². The fourth-order valence-electron chi connectivity index (χ4n) is 1.72. The Morgan fingerprint density at radius 1 is 1.29 bits per heavy atom. The van der Waals surface area contributed by atoms with E-state index in [1.54, 1.807) is 12.1 Å². The topological polar surface area (TPSA) is 21.3 Å². The predicted molar refractivity (Wildman–Crippen MR) is 62.2 cm³/mol. The van der Waals surface area contributed by atoms with E-state index in [0.29, 0.717) is 0 Å². The molecule has 1 aliphatic carbocycles. The minimum atomic E-state index is -2.76. The fourth-order valence-corrected chi connectivity index (χ4v) is 1.72. The number of ether oxygens (including phenoxy) is 1. The molecule has 17 heavy (non-hydrogen) atoms. The number of halogens is 2. The van der Waals surface area contributed by atoms with Crippen LogP contribution in [0.25, 0.3) is 0 Å². The summed E-state index contributed by atoms with van der Waals surface area (Å²) in [5, 5.41) is 3.43. The fraction of sp³-hybridized carbons (Fsp3) is 0.538. The monoisotopic (exact) mass is 241 g/mol.